The van der Waals surface area contributed by atoms with Crippen molar-refractivity contribution in [2.45, 2.75) is 38.5 Å². The number of hydrogen-bond acceptors (Lipinski definition) is 2. The van der Waals surface area contributed by atoms with Crippen LogP contribution in [0, 0.1) is 17.2 Å². The van der Waals surface area contributed by atoms with E-state index in [2.05, 4.69) is 6.07 Å². The molecule has 0 radical (unpaired) electrons. The molecule has 1 saturated carbocycles. The summed E-state index contributed by atoms with van der Waals surface area (Å²) in [7, 11) is 0. The number of rotatable bonds is 4. The molecular weight excluding hydrogens is 274 g/mol. The fourth-order valence-electron chi connectivity index (χ4n) is 2.97. The van der Waals surface area contributed by atoms with Crippen molar-refractivity contribution in [2.24, 2.45) is 5.92 Å². The maximum absolute atomic E-state index is 11.3. The molecular formula is C19H21NO2. The number of nitrogens with zero attached hydrogens (tertiary/aromatic N) is 1. The van der Waals surface area contributed by atoms with Gasteiger partial charge in [0, 0.05) is 5.92 Å². The predicted octanol–water partition coefficient (Wildman–Crippen LogP) is 4.53. The van der Waals surface area contributed by atoms with Crippen molar-refractivity contribution in [3.05, 3.63) is 53.6 Å². The molecule has 0 saturated heterocycles. The van der Waals surface area contributed by atoms with Crippen molar-refractivity contribution in [2.75, 3.05) is 0 Å². The van der Waals surface area contributed by atoms with E-state index in [1.807, 2.05) is 37.3 Å². The Labute approximate surface area is 131 Å². The van der Waals surface area contributed by atoms with Gasteiger partial charge in [-0.1, -0.05) is 36.4 Å². The highest BCUT2D eigenvalue weighted by molar-refractivity contribution is 6.15. The molecule has 0 spiro atoms. The molecule has 114 valence electrons. The lowest BCUT2D eigenvalue weighted by Gasteiger charge is -2.25. The van der Waals surface area contributed by atoms with Crippen LogP contribution in [0.1, 0.15) is 49.7 Å². The average Bonchev–Trinajstić information content (AvgIpc) is 2.55. The van der Waals surface area contributed by atoms with Crippen molar-refractivity contribution < 1.29 is 9.90 Å². The number of benzene rings is 1. The van der Waals surface area contributed by atoms with Gasteiger partial charge in [0.05, 0.1) is 11.6 Å². The normalized spacial score (nSPS) is 22.5. The number of carbonyl (C=O) groups is 1. The Morgan fingerprint density at radius 3 is 2.36 bits per heavy atom. The third-order valence-corrected chi connectivity index (χ3v) is 4.29. The molecule has 1 aromatic carbocycles. The van der Waals surface area contributed by atoms with Gasteiger partial charge in [-0.15, -0.1) is 0 Å². The van der Waals surface area contributed by atoms with Crippen LogP contribution in [0.3, 0.4) is 0 Å². The van der Waals surface area contributed by atoms with Crippen molar-refractivity contribution in [1.29, 1.82) is 5.26 Å². The summed E-state index contributed by atoms with van der Waals surface area (Å²) in [6, 6.07) is 10.2. The molecule has 0 aliphatic heterocycles. The third kappa shape index (κ3) is 3.85. The smallest absolute Gasteiger partial charge is 0.336 e. The van der Waals surface area contributed by atoms with Gasteiger partial charge < -0.3 is 5.11 Å². The van der Waals surface area contributed by atoms with Crippen LogP contribution < -0.4 is 0 Å². The third-order valence-electron chi connectivity index (χ3n) is 4.29. The Kier molecular flexibility index (Phi) is 5.55. The first-order valence-electron chi connectivity index (χ1n) is 7.72. The minimum absolute atomic E-state index is 0.206. The molecule has 0 aromatic heterocycles. The molecule has 1 aliphatic rings. The maximum Gasteiger partial charge on any atom is 0.336 e. The highest BCUT2D eigenvalue weighted by Crippen LogP contribution is 2.35. The second kappa shape index (κ2) is 7.61. The quantitative estimate of drug-likeness (QED) is 0.656. The van der Waals surface area contributed by atoms with E-state index >= 15 is 0 Å². The summed E-state index contributed by atoms with van der Waals surface area (Å²) in [6.45, 7) is 1.86. The van der Waals surface area contributed by atoms with Gasteiger partial charge in [0.15, 0.2) is 0 Å². The molecule has 22 heavy (non-hydrogen) atoms. The zero-order valence-corrected chi connectivity index (χ0v) is 12.8. The molecule has 0 amide bonds. The van der Waals surface area contributed by atoms with Gasteiger partial charge in [0.2, 0.25) is 0 Å². The first kappa shape index (κ1) is 16.0. The Bertz CT molecular complexity index is 612. The molecule has 1 aliphatic carbocycles. The lowest BCUT2D eigenvalue weighted by molar-refractivity contribution is -0.130. The summed E-state index contributed by atoms with van der Waals surface area (Å²) < 4.78 is 0. The van der Waals surface area contributed by atoms with Crippen LogP contribution >= 0.6 is 0 Å². The Hall–Kier alpha value is -2.34. The molecule has 1 N–H and O–H groups in total. The van der Waals surface area contributed by atoms with Gasteiger partial charge in [0.1, 0.15) is 0 Å². The molecule has 0 heterocycles. The summed E-state index contributed by atoms with van der Waals surface area (Å²) in [5.74, 6) is -0.218. The number of hydrogen-bond donors (Lipinski definition) is 1. The largest absolute Gasteiger partial charge is 0.478 e. The van der Waals surface area contributed by atoms with Gasteiger partial charge in [-0.25, -0.2) is 4.79 Å². The van der Waals surface area contributed by atoms with Crippen LogP contribution in [-0.4, -0.2) is 11.1 Å². The van der Waals surface area contributed by atoms with Crippen molar-refractivity contribution in [3.8, 4) is 6.07 Å². The first-order chi connectivity index (χ1) is 10.7. The minimum atomic E-state index is -0.916. The summed E-state index contributed by atoms with van der Waals surface area (Å²) in [4.78, 5) is 11.3. The number of aliphatic carboxylic acids is 1. The van der Waals surface area contributed by atoms with Gasteiger partial charge in [0.25, 0.3) is 0 Å². The van der Waals surface area contributed by atoms with Gasteiger partial charge in [-0.05, 0) is 55.7 Å². The van der Waals surface area contributed by atoms with Gasteiger partial charge >= 0.3 is 5.97 Å². The van der Waals surface area contributed by atoms with Gasteiger partial charge in [-0.3, -0.25) is 0 Å². The van der Waals surface area contributed by atoms with E-state index in [4.69, 9.17) is 5.26 Å². The van der Waals surface area contributed by atoms with Crippen LogP contribution in [0.4, 0.5) is 0 Å². The first-order valence-corrected chi connectivity index (χ1v) is 7.72. The molecule has 3 heteroatoms. The van der Waals surface area contributed by atoms with Crippen molar-refractivity contribution in [3.63, 3.8) is 0 Å². The summed E-state index contributed by atoms with van der Waals surface area (Å²) in [5, 5.41) is 18.2. The SMILES string of the molecule is CC=CC=C(C(=O)O)c1ccc([C@H]2CC[C@H](C#N)CC2)cc1. The fourth-order valence-corrected chi connectivity index (χ4v) is 2.97. The number of allylic oxidation sites excluding steroid dienone is 3. The van der Waals surface area contributed by atoms with Crippen molar-refractivity contribution >= 4 is 11.5 Å². The fraction of sp³-hybridized carbons (Fsp3) is 0.368. The van der Waals surface area contributed by atoms with Crippen LogP contribution in [0.2, 0.25) is 0 Å². The second-order valence-corrected chi connectivity index (χ2v) is 5.71. The predicted molar refractivity (Wildman–Crippen MR) is 87.2 cm³/mol. The molecule has 0 atom stereocenters. The number of carboxylic acid groups (broad SMARTS) is 1. The van der Waals surface area contributed by atoms with E-state index in [1.54, 1.807) is 12.2 Å². The van der Waals surface area contributed by atoms with Crippen LogP contribution in [0.15, 0.2) is 42.5 Å². The molecule has 3 nitrogen and oxygen atoms in total. The molecule has 2 rings (SSSR count). The highest BCUT2D eigenvalue weighted by atomic mass is 16.4. The second-order valence-electron chi connectivity index (χ2n) is 5.71. The monoisotopic (exact) mass is 295 g/mol. The zero-order valence-electron chi connectivity index (χ0n) is 12.8. The Balaban J connectivity index is 2.13. The average molecular weight is 295 g/mol. The van der Waals surface area contributed by atoms with E-state index in [0.29, 0.717) is 11.5 Å². The standard InChI is InChI=1S/C19H21NO2/c1-2-3-4-18(19(21)22)17-11-9-16(10-12-17)15-7-5-14(13-20)6-8-15/h2-4,9-12,14-15H,5-8H2,1H3,(H,21,22)/t14-,15-. The van der Waals surface area contributed by atoms with E-state index in [0.717, 1.165) is 31.2 Å². The van der Waals surface area contributed by atoms with E-state index in [9.17, 15) is 9.90 Å². The molecule has 1 fully saturated rings. The lowest BCUT2D eigenvalue weighted by atomic mass is 9.79. The highest BCUT2D eigenvalue weighted by Gasteiger charge is 2.22. The lowest BCUT2D eigenvalue weighted by Crippen LogP contribution is -2.12. The Morgan fingerprint density at radius 1 is 1.23 bits per heavy atom. The summed E-state index contributed by atoms with van der Waals surface area (Å²) >= 11 is 0. The summed E-state index contributed by atoms with van der Waals surface area (Å²) in [6.07, 6.45) is 9.17. The maximum atomic E-state index is 11.3. The summed E-state index contributed by atoms with van der Waals surface area (Å²) in [5.41, 5.74) is 2.27. The number of nitriles is 1. The minimum Gasteiger partial charge on any atom is -0.478 e. The van der Waals surface area contributed by atoms with E-state index in [1.165, 1.54) is 5.56 Å². The van der Waals surface area contributed by atoms with Gasteiger partial charge in [-0.2, -0.15) is 5.26 Å². The van der Waals surface area contributed by atoms with Crippen LogP contribution in [0.5, 0.6) is 0 Å². The molecule has 0 unspecified atom stereocenters. The number of carboxylic acids is 1. The van der Waals surface area contributed by atoms with Crippen LogP contribution in [-0.2, 0) is 4.79 Å². The molecule has 0 bridgehead atoms. The van der Waals surface area contributed by atoms with Crippen molar-refractivity contribution in [1.82, 2.24) is 0 Å². The van der Waals surface area contributed by atoms with Crippen LogP contribution in [0.25, 0.3) is 5.57 Å². The molecule has 1 aromatic rings. The van der Waals surface area contributed by atoms with E-state index < -0.39 is 5.97 Å². The zero-order chi connectivity index (χ0) is 15.9. The van der Waals surface area contributed by atoms with E-state index in [-0.39, 0.29) is 5.92 Å². The Morgan fingerprint density at radius 2 is 1.86 bits per heavy atom. The topological polar surface area (TPSA) is 61.1 Å².